The summed E-state index contributed by atoms with van der Waals surface area (Å²) in [6, 6.07) is 5.11. The van der Waals surface area contributed by atoms with Crippen LogP contribution in [0.3, 0.4) is 0 Å². The molecular formula is C16H21Cl2N3O3S. The fourth-order valence-electron chi connectivity index (χ4n) is 3.29. The van der Waals surface area contributed by atoms with Crippen LogP contribution in [0.15, 0.2) is 18.2 Å². The van der Waals surface area contributed by atoms with E-state index in [9.17, 15) is 13.2 Å². The summed E-state index contributed by atoms with van der Waals surface area (Å²) in [5.74, 6) is 0.501. The molecule has 2 aliphatic heterocycles. The molecule has 2 amide bonds. The van der Waals surface area contributed by atoms with Gasteiger partial charge in [-0.15, -0.1) is 0 Å². The molecule has 2 saturated heterocycles. The van der Waals surface area contributed by atoms with E-state index < -0.39 is 9.84 Å². The Morgan fingerprint density at radius 2 is 1.80 bits per heavy atom. The van der Waals surface area contributed by atoms with Gasteiger partial charge in [0.15, 0.2) is 9.84 Å². The quantitative estimate of drug-likeness (QED) is 0.809. The van der Waals surface area contributed by atoms with Gasteiger partial charge in [0, 0.05) is 30.9 Å². The summed E-state index contributed by atoms with van der Waals surface area (Å²) in [6.07, 6.45) is 2.30. The van der Waals surface area contributed by atoms with Crippen LogP contribution >= 0.6 is 23.2 Å². The maximum absolute atomic E-state index is 12.3. The summed E-state index contributed by atoms with van der Waals surface area (Å²) < 4.78 is 23.0. The first-order valence-corrected chi connectivity index (χ1v) is 10.9. The summed E-state index contributed by atoms with van der Waals surface area (Å²) >= 11 is 11.8. The lowest BCUT2D eigenvalue weighted by atomic mass is 10.0. The molecule has 138 valence electrons. The van der Waals surface area contributed by atoms with Crippen LogP contribution in [0, 0.1) is 0 Å². The SMILES string of the molecule is O=C(Nc1ccc(Cl)c(Cl)c1)N1CCC(NC2CCS(=O)(=O)C2)CC1. The van der Waals surface area contributed by atoms with Crippen LogP contribution in [0.1, 0.15) is 19.3 Å². The van der Waals surface area contributed by atoms with Gasteiger partial charge >= 0.3 is 6.03 Å². The topological polar surface area (TPSA) is 78.5 Å². The number of nitrogens with zero attached hydrogens (tertiary/aromatic N) is 1. The summed E-state index contributed by atoms with van der Waals surface area (Å²) in [5.41, 5.74) is 0.607. The lowest BCUT2D eigenvalue weighted by Gasteiger charge is -2.33. The van der Waals surface area contributed by atoms with E-state index >= 15 is 0 Å². The maximum atomic E-state index is 12.3. The first kappa shape index (κ1) is 18.8. The summed E-state index contributed by atoms with van der Waals surface area (Å²) in [6.45, 7) is 1.26. The number of carbonyl (C=O) groups is 1. The van der Waals surface area contributed by atoms with Crippen molar-refractivity contribution in [2.24, 2.45) is 0 Å². The second-order valence-corrected chi connectivity index (χ2v) is 9.63. The zero-order chi connectivity index (χ0) is 18.0. The molecule has 1 aromatic carbocycles. The summed E-state index contributed by atoms with van der Waals surface area (Å²) in [5, 5.41) is 7.09. The summed E-state index contributed by atoms with van der Waals surface area (Å²) in [7, 11) is -2.87. The van der Waals surface area contributed by atoms with E-state index in [2.05, 4.69) is 10.6 Å². The number of carbonyl (C=O) groups excluding carboxylic acids is 1. The van der Waals surface area contributed by atoms with Gasteiger partial charge in [-0.1, -0.05) is 23.2 Å². The largest absolute Gasteiger partial charge is 0.324 e. The number of nitrogens with one attached hydrogen (secondary N) is 2. The molecule has 0 spiro atoms. The van der Waals surface area contributed by atoms with Gasteiger partial charge in [-0.3, -0.25) is 0 Å². The van der Waals surface area contributed by atoms with Crippen molar-refractivity contribution in [3.8, 4) is 0 Å². The van der Waals surface area contributed by atoms with E-state index in [1.165, 1.54) is 0 Å². The number of halogens is 2. The van der Waals surface area contributed by atoms with Crippen molar-refractivity contribution < 1.29 is 13.2 Å². The predicted molar refractivity (Wildman–Crippen MR) is 100 cm³/mol. The van der Waals surface area contributed by atoms with Crippen molar-refractivity contribution in [1.82, 2.24) is 10.2 Å². The van der Waals surface area contributed by atoms with E-state index in [1.807, 2.05) is 0 Å². The first-order chi connectivity index (χ1) is 11.8. The fourth-order valence-corrected chi connectivity index (χ4v) is 5.27. The van der Waals surface area contributed by atoms with E-state index in [0.29, 0.717) is 35.2 Å². The third-order valence-corrected chi connectivity index (χ3v) is 7.16. The van der Waals surface area contributed by atoms with Crippen LogP contribution in [-0.4, -0.2) is 56.0 Å². The molecule has 0 aliphatic carbocycles. The van der Waals surface area contributed by atoms with Crippen LogP contribution in [0.2, 0.25) is 10.0 Å². The molecule has 9 heteroatoms. The van der Waals surface area contributed by atoms with Gasteiger partial charge in [-0.2, -0.15) is 0 Å². The highest BCUT2D eigenvalue weighted by Crippen LogP contribution is 2.25. The zero-order valence-electron chi connectivity index (χ0n) is 13.7. The summed E-state index contributed by atoms with van der Waals surface area (Å²) in [4.78, 5) is 14.1. The molecule has 0 saturated carbocycles. The van der Waals surface area contributed by atoms with E-state index in [1.54, 1.807) is 23.1 Å². The Bertz CT molecular complexity index is 749. The molecule has 1 unspecified atom stereocenters. The van der Waals surface area contributed by atoms with Gasteiger partial charge < -0.3 is 15.5 Å². The number of sulfone groups is 1. The molecule has 6 nitrogen and oxygen atoms in total. The molecule has 2 N–H and O–H groups in total. The number of benzene rings is 1. The number of hydrogen-bond donors (Lipinski definition) is 2. The van der Waals surface area contributed by atoms with E-state index in [-0.39, 0.29) is 29.6 Å². The van der Waals surface area contributed by atoms with Gasteiger partial charge in [0.25, 0.3) is 0 Å². The predicted octanol–water partition coefficient (Wildman–Crippen LogP) is 2.77. The number of urea groups is 1. The van der Waals surface area contributed by atoms with Crippen molar-refractivity contribution in [2.75, 3.05) is 29.9 Å². The monoisotopic (exact) mass is 405 g/mol. The number of piperidine rings is 1. The highest BCUT2D eigenvalue weighted by Gasteiger charge is 2.31. The van der Waals surface area contributed by atoms with E-state index in [0.717, 1.165) is 12.8 Å². The minimum atomic E-state index is -2.87. The second kappa shape index (κ2) is 7.70. The third-order valence-electron chi connectivity index (χ3n) is 4.66. The molecule has 3 rings (SSSR count). The molecule has 25 heavy (non-hydrogen) atoms. The zero-order valence-corrected chi connectivity index (χ0v) is 16.0. The van der Waals surface area contributed by atoms with Crippen LogP contribution in [0.4, 0.5) is 10.5 Å². The molecule has 0 aromatic heterocycles. The Balaban J connectivity index is 1.46. The molecule has 2 aliphatic rings. The Morgan fingerprint density at radius 3 is 2.40 bits per heavy atom. The van der Waals surface area contributed by atoms with Crippen LogP contribution in [0.5, 0.6) is 0 Å². The van der Waals surface area contributed by atoms with Gasteiger partial charge in [0.1, 0.15) is 0 Å². The molecular weight excluding hydrogens is 385 g/mol. The number of anilines is 1. The number of hydrogen-bond acceptors (Lipinski definition) is 4. The Kier molecular flexibility index (Phi) is 5.78. The van der Waals surface area contributed by atoms with Gasteiger partial charge in [0.05, 0.1) is 21.6 Å². The lowest BCUT2D eigenvalue weighted by Crippen LogP contribution is -2.49. The Labute approximate surface area is 157 Å². The standard InChI is InChI=1S/C16H21Cl2N3O3S/c17-14-2-1-12(9-15(14)18)20-16(22)21-6-3-11(4-7-21)19-13-5-8-25(23,24)10-13/h1-2,9,11,13,19H,3-8,10H2,(H,20,22). The molecule has 0 radical (unpaired) electrons. The highest BCUT2D eigenvalue weighted by molar-refractivity contribution is 7.91. The second-order valence-electron chi connectivity index (χ2n) is 6.59. The van der Waals surface area contributed by atoms with Crippen LogP contribution in [-0.2, 0) is 9.84 Å². The van der Waals surface area contributed by atoms with Crippen LogP contribution in [0.25, 0.3) is 0 Å². The van der Waals surface area contributed by atoms with Gasteiger partial charge in [-0.05, 0) is 37.5 Å². The maximum Gasteiger partial charge on any atom is 0.321 e. The van der Waals surface area contributed by atoms with Gasteiger partial charge in [-0.25, -0.2) is 13.2 Å². The van der Waals surface area contributed by atoms with Crippen molar-refractivity contribution in [2.45, 2.75) is 31.3 Å². The highest BCUT2D eigenvalue weighted by atomic mass is 35.5. The lowest BCUT2D eigenvalue weighted by molar-refractivity contribution is 0.186. The smallest absolute Gasteiger partial charge is 0.321 e. The number of rotatable bonds is 3. The van der Waals surface area contributed by atoms with Gasteiger partial charge in [0.2, 0.25) is 0 Å². The minimum Gasteiger partial charge on any atom is -0.324 e. The fraction of sp³-hybridized carbons (Fsp3) is 0.562. The Hall–Kier alpha value is -1.02. The van der Waals surface area contributed by atoms with E-state index in [4.69, 9.17) is 23.2 Å². The first-order valence-electron chi connectivity index (χ1n) is 8.30. The number of amides is 2. The number of likely N-dealkylation sites (tertiary alicyclic amines) is 1. The molecule has 1 atom stereocenters. The molecule has 0 bridgehead atoms. The molecule has 1 aromatic rings. The molecule has 2 heterocycles. The van der Waals surface area contributed by atoms with Crippen molar-refractivity contribution in [1.29, 1.82) is 0 Å². The normalized spacial score (nSPS) is 23.6. The average molecular weight is 406 g/mol. The minimum absolute atomic E-state index is 0.0478. The average Bonchev–Trinajstić information content (AvgIpc) is 2.90. The van der Waals surface area contributed by atoms with Crippen molar-refractivity contribution >= 4 is 44.8 Å². The molecule has 2 fully saturated rings. The Morgan fingerprint density at radius 1 is 1.08 bits per heavy atom. The van der Waals surface area contributed by atoms with Crippen LogP contribution < -0.4 is 10.6 Å². The van der Waals surface area contributed by atoms with Crippen molar-refractivity contribution in [3.63, 3.8) is 0 Å². The van der Waals surface area contributed by atoms with Crippen molar-refractivity contribution in [3.05, 3.63) is 28.2 Å². The third kappa shape index (κ3) is 5.00.